The molecule has 4 atom stereocenters. The van der Waals surface area contributed by atoms with Gasteiger partial charge < -0.3 is 20.4 Å². The SMILES string of the molecule is O=C(O)c1ccc(-c2ccc(C(c3ccc(-c4ccc(C(=O)O)cc4)cc3)(C3C=CC(C4=CC(C(=O)O)C=C4)=CC3)C3C=C[C@@H](c4ccc(C(=O)O)cc4)CC3)cc2)cc1. The van der Waals surface area contributed by atoms with Crippen molar-refractivity contribution in [1.29, 1.82) is 0 Å². The van der Waals surface area contributed by atoms with Crippen LogP contribution in [-0.2, 0) is 10.2 Å². The Morgan fingerprint density at radius 1 is 0.467 bits per heavy atom. The molecule has 8 rings (SSSR count). The van der Waals surface area contributed by atoms with Gasteiger partial charge in [-0.15, -0.1) is 0 Å². The van der Waals surface area contributed by atoms with Crippen LogP contribution < -0.4 is 0 Å². The molecule has 0 radical (unpaired) electrons. The second-order valence-corrected chi connectivity index (χ2v) is 15.6. The van der Waals surface area contributed by atoms with Crippen molar-refractivity contribution >= 4 is 23.9 Å². The maximum absolute atomic E-state index is 11.8. The Morgan fingerprint density at radius 3 is 1.30 bits per heavy atom. The molecule has 0 heterocycles. The zero-order chi connectivity index (χ0) is 42.0. The minimum absolute atomic E-state index is 0.0139. The topological polar surface area (TPSA) is 149 Å². The molecule has 60 heavy (non-hydrogen) atoms. The molecule has 0 amide bonds. The summed E-state index contributed by atoms with van der Waals surface area (Å²) in [4.78, 5) is 46.5. The van der Waals surface area contributed by atoms with Crippen LogP contribution in [0.5, 0.6) is 0 Å². The lowest BCUT2D eigenvalue weighted by atomic mass is 9.55. The first-order chi connectivity index (χ1) is 29.0. The summed E-state index contributed by atoms with van der Waals surface area (Å²) in [6.45, 7) is 0. The van der Waals surface area contributed by atoms with Crippen molar-refractivity contribution in [3.05, 3.63) is 214 Å². The molecule has 5 aromatic carbocycles. The lowest BCUT2D eigenvalue weighted by molar-refractivity contribution is -0.138. The van der Waals surface area contributed by atoms with Crippen molar-refractivity contribution in [2.45, 2.75) is 30.6 Å². The fourth-order valence-corrected chi connectivity index (χ4v) is 9.17. The van der Waals surface area contributed by atoms with Crippen LogP contribution >= 0.6 is 0 Å². The van der Waals surface area contributed by atoms with Gasteiger partial charge in [-0.1, -0.05) is 134 Å². The lowest BCUT2D eigenvalue weighted by Gasteiger charge is -2.48. The molecule has 0 bridgehead atoms. The Kier molecular flexibility index (Phi) is 10.9. The van der Waals surface area contributed by atoms with E-state index in [0.29, 0.717) is 6.42 Å². The summed E-state index contributed by atoms with van der Waals surface area (Å²) >= 11 is 0. The molecule has 298 valence electrons. The number of hydrogen-bond donors (Lipinski definition) is 4. The number of carbonyl (C=O) groups is 4. The van der Waals surface area contributed by atoms with E-state index >= 15 is 0 Å². The Labute approximate surface area is 347 Å². The first-order valence-corrected chi connectivity index (χ1v) is 19.9. The van der Waals surface area contributed by atoms with E-state index in [9.17, 15) is 39.6 Å². The average Bonchev–Trinajstić information content (AvgIpc) is 3.79. The van der Waals surface area contributed by atoms with Crippen LogP contribution in [0.1, 0.15) is 72.9 Å². The van der Waals surface area contributed by atoms with Gasteiger partial charge in [0.25, 0.3) is 0 Å². The van der Waals surface area contributed by atoms with Gasteiger partial charge in [0.05, 0.1) is 22.6 Å². The molecule has 0 saturated carbocycles. The van der Waals surface area contributed by atoms with Gasteiger partial charge in [0, 0.05) is 11.3 Å². The Bertz CT molecular complexity index is 2510. The predicted molar refractivity (Wildman–Crippen MR) is 230 cm³/mol. The van der Waals surface area contributed by atoms with Crippen molar-refractivity contribution in [2.24, 2.45) is 17.8 Å². The molecular weight excluding hydrogens is 753 g/mol. The summed E-state index contributed by atoms with van der Waals surface area (Å²) < 4.78 is 0. The van der Waals surface area contributed by atoms with E-state index in [2.05, 4.69) is 78.9 Å². The van der Waals surface area contributed by atoms with Crippen LogP contribution in [0.25, 0.3) is 22.3 Å². The van der Waals surface area contributed by atoms with E-state index in [1.165, 1.54) is 0 Å². The molecule has 0 fully saturated rings. The number of allylic oxidation sites excluding steroid dienone is 8. The minimum Gasteiger partial charge on any atom is -0.481 e. The molecule has 4 N–H and O–H groups in total. The number of carboxylic acid groups (broad SMARTS) is 4. The number of aliphatic carboxylic acids is 1. The number of carboxylic acids is 4. The highest BCUT2D eigenvalue weighted by molar-refractivity contribution is 5.89. The first-order valence-electron chi connectivity index (χ1n) is 19.9. The summed E-state index contributed by atoms with van der Waals surface area (Å²) in [7, 11) is 0. The molecule has 3 aliphatic rings. The minimum atomic E-state index is -0.982. The third-order valence-electron chi connectivity index (χ3n) is 12.3. The van der Waals surface area contributed by atoms with Crippen LogP contribution in [0.3, 0.4) is 0 Å². The Hall–Kier alpha value is -7.32. The quantitative estimate of drug-likeness (QED) is 0.0912. The molecule has 3 aliphatic carbocycles. The Morgan fingerprint density at radius 2 is 0.917 bits per heavy atom. The lowest BCUT2D eigenvalue weighted by Crippen LogP contribution is -2.43. The van der Waals surface area contributed by atoms with Gasteiger partial charge in [0.15, 0.2) is 0 Å². The second kappa shape index (κ2) is 16.5. The van der Waals surface area contributed by atoms with E-state index in [4.69, 9.17) is 0 Å². The second-order valence-electron chi connectivity index (χ2n) is 15.6. The van der Waals surface area contributed by atoms with Gasteiger partial charge in [-0.05, 0) is 118 Å². The van der Waals surface area contributed by atoms with Gasteiger partial charge in [-0.3, -0.25) is 4.79 Å². The van der Waals surface area contributed by atoms with Crippen molar-refractivity contribution in [2.75, 3.05) is 0 Å². The van der Waals surface area contributed by atoms with Crippen LogP contribution in [0.15, 0.2) is 181 Å². The van der Waals surface area contributed by atoms with Gasteiger partial charge in [0.1, 0.15) is 0 Å². The maximum atomic E-state index is 11.8. The summed E-state index contributed by atoms with van der Waals surface area (Å²) in [5.74, 6) is -4.40. The predicted octanol–water partition coefficient (Wildman–Crippen LogP) is 10.9. The molecule has 3 unspecified atom stereocenters. The van der Waals surface area contributed by atoms with Crippen LogP contribution in [0.2, 0.25) is 0 Å². The van der Waals surface area contributed by atoms with Crippen molar-refractivity contribution in [3.8, 4) is 22.3 Å². The van der Waals surface area contributed by atoms with Crippen LogP contribution in [0, 0.1) is 17.8 Å². The molecular formula is C52H42O8. The summed E-state index contributed by atoms with van der Waals surface area (Å²) in [6, 6.07) is 37.9. The van der Waals surface area contributed by atoms with Gasteiger partial charge in [-0.25, -0.2) is 14.4 Å². The molecule has 0 spiro atoms. The zero-order valence-corrected chi connectivity index (χ0v) is 32.5. The van der Waals surface area contributed by atoms with E-state index in [1.54, 1.807) is 48.6 Å². The number of benzene rings is 5. The molecule has 8 heteroatoms. The standard InChI is InChI=1S/C52H42O8/c53-48(54)39-7-1-32(2-8-39)35-15-23-44(24-16-35)52(47-29-21-38(22-30-47)42-13-14-43(31-42)51(59)60,45-25-17-36(18-26-45)33-3-9-40(10-4-33)49(55)56)46-27-19-37(20-28-46)34-5-11-41(12-6-34)50(57)58/h1-19,21-27,29,31,37,43,46-47H,20,28,30H2,(H,53,54)(H,55,56)(H,57,58)(H,59,60)/t37-,43?,46?,47?/m1/s1. The number of aromatic carboxylic acids is 3. The maximum Gasteiger partial charge on any atom is 0.335 e. The highest BCUT2D eigenvalue weighted by Gasteiger charge is 2.47. The van der Waals surface area contributed by atoms with Crippen LogP contribution in [0.4, 0.5) is 0 Å². The monoisotopic (exact) mass is 794 g/mol. The first kappa shape index (κ1) is 39.5. The summed E-state index contributed by atoms with van der Waals surface area (Å²) in [5.41, 5.74) is 8.88. The average molecular weight is 795 g/mol. The molecule has 0 aromatic heterocycles. The van der Waals surface area contributed by atoms with Crippen molar-refractivity contribution < 1.29 is 39.6 Å². The zero-order valence-electron chi connectivity index (χ0n) is 32.5. The molecule has 8 nitrogen and oxygen atoms in total. The Balaban J connectivity index is 1.24. The van der Waals surface area contributed by atoms with Crippen molar-refractivity contribution in [1.82, 2.24) is 0 Å². The van der Waals surface area contributed by atoms with Gasteiger partial charge in [0.2, 0.25) is 0 Å². The van der Waals surface area contributed by atoms with Gasteiger partial charge >= 0.3 is 23.9 Å². The highest BCUT2D eigenvalue weighted by Crippen LogP contribution is 2.53. The normalized spacial score (nSPS) is 19.7. The fourth-order valence-electron chi connectivity index (χ4n) is 9.17. The third-order valence-corrected chi connectivity index (χ3v) is 12.3. The molecule has 0 saturated heterocycles. The number of hydrogen-bond acceptors (Lipinski definition) is 4. The largest absolute Gasteiger partial charge is 0.481 e. The van der Waals surface area contributed by atoms with E-state index in [0.717, 1.165) is 62.9 Å². The van der Waals surface area contributed by atoms with Crippen molar-refractivity contribution in [3.63, 3.8) is 0 Å². The van der Waals surface area contributed by atoms with E-state index in [-0.39, 0.29) is 34.4 Å². The molecule has 5 aromatic rings. The smallest absolute Gasteiger partial charge is 0.335 e. The van der Waals surface area contributed by atoms with E-state index in [1.807, 2.05) is 42.5 Å². The number of rotatable bonds is 12. The third kappa shape index (κ3) is 7.67. The van der Waals surface area contributed by atoms with Crippen LogP contribution in [-0.4, -0.2) is 44.3 Å². The summed E-state index contributed by atoms with van der Waals surface area (Å²) in [6.07, 6.45) is 18.9. The highest BCUT2D eigenvalue weighted by atomic mass is 16.4. The van der Waals surface area contributed by atoms with E-state index < -0.39 is 35.2 Å². The fraction of sp³-hybridized carbons (Fsp3) is 0.154. The summed E-state index contributed by atoms with van der Waals surface area (Å²) in [5, 5.41) is 38.1. The molecule has 0 aliphatic heterocycles. The van der Waals surface area contributed by atoms with Gasteiger partial charge in [-0.2, -0.15) is 0 Å².